The van der Waals surface area contributed by atoms with Gasteiger partial charge in [-0.05, 0) is 18.9 Å². The zero-order chi connectivity index (χ0) is 12.8. The molecule has 1 saturated carbocycles. The van der Waals surface area contributed by atoms with Crippen LogP contribution in [-0.4, -0.2) is 14.5 Å². The standard InChI is InChI=1S/C15H14N4/c16-15-14(18-9-19(15)11-6-7-11)12-5-1-3-10-4-2-8-17-13(10)12/h1-5,8-9,11H,6-7,16H2. The molecule has 0 spiro atoms. The Morgan fingerprint density at radius 2 is 1.95 bits per heavy atom. The number of fused-ring (bicyclic) bond motifs is 1. The largest absolute Gasteiger partial charge is 0.383 e. The van der Waals surface area contributed by atoms with Crippen molar-refractivity contribution in [2.24, 2.45) is 0 Å². The molecule has 19 heavy (non-hydrogen) atoms. The van der Waals surface area contributed by atoms with E-state index < -0.39 is 0 Å². The molecule has 3 aromatic rings. The summed E-state index contributed by atoms with van der Waals surface area (Å²) in [6, 6.07) is 10.7. The number of nitrogens with two attached hydrogens (primary N) is 1. The Labute approximate surface area is 110 Å². The number of hydrogen-bond donors (Lipinski definition) is 1. The molecule has 0 radical (unpaired) electrons. The molecule has 1 aromatic carbocycles. The van der Waals surface area contributed by atoms with Gasteiger partial charge in [-0.25, -0.2) is 4.98 Å². The maximum absolute atomic E-state index is 6.24. The van der Waals surface area contributed by atoms with Crippen LogP contribution in [0, 0.1) is 0 Å². The summed E-state index contributed by atoms with van der Waals surface area (Å²) in [7, 11) is 0. The summed E-state index contributed by atoms with van der Waals surface area (Å²) < 4.78 is 2.08. The van der Waals surface area contributed by atoms with Gasteiger partial charge in [0.2, 0.25) is 0 Å². The minimum absolute atomic E-state index is 0.546. The lowest BCUT2D eigenvalue weighted by molar-refractivity contribution is 0.751. The van der Waals surface area contributed by atoms with Gasteiger partial charge in [-0.3, -0.25) is 4.98 Å². The predicted molar refractivity (Wildman–Crippen MR) is 75.6 cm³/mol. The van der Waals surface area contributed by atoms with E-state index >= 15 is 0 Å². The molecule has 0 bridgehead atoms. The normalized spacial score (nSPS) is 14.9. The van der Waals surface area contributed by atoms with Crippen LogP contribution in [0.3, 0.4) is 0 Å². The van der Waals surface area contributed by atoms with Gasteiger partial charge in [-0.15, -0.1) is 0 Å². The fourth-order valence-electron chi connectivity index (χ4n) is 2.52. The highest BCUT2D eigenvalue weighted by atomic mass is 15.2. The van der Waals surface area contributed by atoms with Crippen LogP contribution >= 0.6 is 0 Å². The maximum atomic E-state index is 6.24. The van der Waals surface area contributed by atoms with E-state index in [0.29, 0.717) is 6.04 Å². The summed E-state index contributed by atoms with van der Waals surface area (Å²) >= 11 is 0. The molecule has 4 heteroatoms. The summed E-state index contributed by atoms with van der Waals surface area (Å²) in [4.78, 5) is 8.96. The minimum Gasteiger partial charge on any atom is -0.383 e. The Morgan fingerprint density at radius 3 is 2.79 bits per heavy atom. The van der Waals surface area contributed by atoms with E-state index in [2.05, 4.69) is 26.7 Å². The summed E-state index contributed by atoms with van der Waals surface area (Å²) in [6.07, 6.45) is 6.06. The third-order valence-corrected chi connectivity index (χ3v) is 3.66. The summed E-state index contributed by atoms with van der Waals surface area (Å²) in [5, 5.41) is 1.11. The van der Waals surface area contributed by atoms with Crippen LogP contribution in [0.15, 0.2) is 42.9 Å². The SMILES string of the molecule is Nc1c(-c2cccc3cccnc23)ncn1C1CC1. The Balaban J connectivity index is 1.94. The second-order valence-electron chi connectivity index (χ2n) is 5.00. The quantitative estimate of drug-likeness (QED) is 0.760. The zero-order valence-corrected chi connectivity index (χ0v) is 10.5. The highest BCUT2D eigenvalue weighted by molar-refractivity contribution is 5.94. The predicted octanol–water partition coefficient (Wildman–Crippen LogP) is 3.02. The van der Waals surface area contributed by atoms with Crippen LogP contribution in [0.4, 0.5) is 5.82 Å². The first-order chi connectivity index (χ1) is 9.34. The summed E-state index contributed by atoms with van der Waals surface area (Å²) in [5.74, 6) is 0.751. The third-order valence-electron chi connectivity index (χ3n) is 3.66. The molecule has 0 aliphatic heterocycles. The van der Waals surface area contributed by atoms with Crippen molar-refractivity contribution in [2.45, 2.75) is 18.9 Å². The van der Waals surface area contributed by atoms with Crippen molar-refractivity contribution < 1.29 is 0 Å². The van der Waals surface area contributed by atoms with Crippen molar-refractivity contribution in [2.75, 3.05) is 5.73 Å². The number of benzene rings is 1. The number of nitrogen functional groups attached to an aromatic ring is 1. The van der Waals surface area contributed by atoms with E-state index in [0.717, 1.165) is 28.0 Å². The molecule has 2 aromatic heterocycles. The maximum Gasteiger partial charge on any atom is 0.131 e. The fourth-order valence-corrected chi connectivity index (χ4v) is 2.52. The van der Waals surface area contributed by atoms with Gasteiger partial charge in [0.25, 0.3) is 0 Å². The number of pyridine rings is 1. The first-order valence-corrected chi connectivity index (χ1v) is 6.51. The number of rotatable bonds is 2. The van der Waals surface area contributed by atoms with E-state index in [1.54, 1.807) is 6.20 Å². The number of hydrogen-bond acceptors (Lipinski definition) is 3. The van der Waals surface area contributed by atoms with E-state index in [-0.39, 0.29) is 0 Å². The van der Waals surface area contributed by atoms with Gasteiger partial charge < -0.3 is 10.3 Å². The van der Waals surface area contributed by atoms with E-state index in [1.165, 1.54) is 12.8 Å². The lowest BCUT2D eigenvalue weighted by atomic mass is 10.1. The van der Waals surface area contributed by atoms with Gasteiger partial charge >= 0.3 is 0 Å². The molecule has 0 saturated heterocycles. The lowest BCUT2D eigenvalue weighted by Crippen LogP contribution is -1.99. The Hall–Kier alpha value is -2.36. The van der Waals surface area contributed by atoms with Crippen LogP contribution in [-0.2, 0) is 0 Å². The second-order valence-corrected chi connectivity index (χ2v) is 5.00. The lowest BCUT2D eigenvalue weighted by Gasteiger charge is -2.06. The van der Waals surface area contributed by atoms with E-state index in [9.17, 15) is 0 Å². The minimum atomic E-state index is 0.546. The smallest absolute Gasteiger partial charge is 0.131 e. The molecule has 2 N–H and O–H groups in total. The first-order valence-electron chi connectivity index (χ1n) is 6.51. The molecule has 2 heterocycles. The van der Waals surface area contributed by atoms with Crippen LogP contribution in [0.1, 0.15) is 18.9 Å². The molecule has 1 fully saturated rings. The van der Waals surface area contributed by atoms with Gasteiger partial charge in [0.05, 0.1) is 11.8 Å². The van der Waals surface area contributed by atoms with E-state index in [4.69, 9.17) is 5.73 Å². The molecule has 0 unspecified atom stereocenters. The molecular formula is C15H14N4. The average molecular weight is 250 g/mol. The first kappa shape index (κ1) is 10.6. The van der Waals surface area contributed by atoms with Gasteiger partial charge in [0.1, 0.15) is 11.5 Å². The summed E-state index contributed by atoms with van der Waals surface area (Å²) in [6.45, 7) is 0. The van der Waals surface area contributed by atoms with Gasteiger partial charge in [0, 0.05) is 23.2 Å². The molecule has 4 rings (SSSR count). The topological polar surface area (TPSA) is 56.7 Å². The van der Waals surface area contributed by atoms with Crippen molar-refractivity contribution in [3.05, 3.63) is 42.9 Å². The molecule has 1 aliphatic rings. The molecule has 0 amide bonds. The monoisotopic (exact) mass is 250 g/mol. The van der Waals surface area contributed by atoms with Crippen molar-refractivity contribution >= 4 is 16.7 Å². The van der Waals surface area contributed by atoms with Crippen molar-refractivity contribution in [1.82, 2.24) is 14.5 Å². The van der Waals surface area contributed by atoms with Gasteiger partial charge in [-0.1, -0.05) is 24.3 Å². The van der Waals surface area contributed by atoms with Crippen LogP contribution in [0.2, 0.25) is 0 Å². The summed E-state index contributed by atoms with van der Waals surface area (Å²) in [5.41, 5.74) is 9.05. The van der Waals surface area contributed by atoms with Crippen LogP contribution in [0.25, 0.3) is 22.2 Å². The molecule has 94 valence electrons. The third kappa shape index (κ3) is 1.60. The number of anilines is 1. The van der Waals surface area contributed by atoms with Gasteiger partial charge in [0.15, 0.2) is 0 Å². The van der Waals surface area contributed by atoms with Gasteiger partial charge in [-0.2, -0.15) is 0 Å². The Bertz CT molecular complexity index is 750. The van der Waals surface area contributed by atoms with E-state index in [1.807, 2.05) is 24.5 Å². The van der Waals surface area contributed by atoms with Crippen molar-refractivity contribution in [1.29, 1.82) is 0 Å². The van der Waals surface area contributed by atoms with Crippen molar-refractivity contribution in [3.63, 3.8) is 0 Å². The number of imidazole rings is 1. The Kier molecular flexibility index (Phi) is 2.12. The van der Waals surface area contributed by atoms with Crippen molar-refractivity contribution in [3.8, 4) is 11.3 Å². The zero-order valence-electron chi connectivity index (χ0n) is 10.5. The molecule has 0 atom stereocenters. The highest BCUT2D eigenvalue weighted by Gasteiger charge is 2.26. The number of aromatic nitrogens is 3. The fraction of sp³-hybridized carbons (Fsp3) is 0.200. The molecular weight excluding hydrogens is 236 g/mol. The van der Waals surface area contributed by atoms with Crippen LogP contribution < -0.4 is 5.73 Å². The second kappa shape index (κ2) is 3.82. The molecule has 4 nitrogen and oxygen atoms in total. The Morgan fingerprint density at radius 1 is 1.11 bits per heavy atom. The number of nitrogens with zero attached hydrogens (tertiary/aromatic N) is 3. The average Bonchev–Trinajstić information content (AvgIpc) is 3.22. The number of para-hydroxylation sites is 1. The highest BCUT2D eigenvalue weighted by Crippen LogP contribution is 2.39. The van der Waals surface area contributed by atoms with Crippen LogP contribution in [0.5, 0.6) is 0 Å². The molecule has 1 aliphatic carbocycles.